The molecule has 4 nitrogen and oxygen atoms in total. The molecule has 1 atom stereocenters. The zero-order valence-corrected chi connectivity index (χ0v) is 11.8. The molecule has 0 radical (unpaired) electrons. The standard InChI is InChI=1S/C13H22N2O2S/c1-13(12(14)18)4-6-15(7-5-13)11(16)10-3-2-8-17-9-10/h10H,2-9H2,1H3,(H2,14,18). The molecule has 2 aliphatic rings. The highest BCUT2D eigenvalue weighted by atomic mass is 32.1. The third-order valence-electron chi connectivity index (χ3n) is 4.28. The predicted molar refractivity (Wildman–Crippen MR) is 74.2 cm³/mol. The fourth-order valence-electron chi connectivity index (χ4n) is 2.66. The lowest BCUT2D eigenvalue weighted by atomic mass is 9.80. The third kappa shape index (κ3) is 2.83. The van der Waals surface area contributed by atoms with Crippen LogP contribution in [0, 0.1) is 11.3 Å². The second-order valence-electron chi connectivity index (χ2n) is 5.66. The van der Waals surface area contributed by atoms with E-state index in [-0.39, 0.29) is 17.2 Å². The molecule has 0 bridgehead atoms. The van der Waals surface area contributed by atoms with Crippen molar-refractivity contribution in [2.75, 3.05) is 26.3 Å². The smallest absolute Gasteiger partial charge is 0.228 e. The van der Waals surface area contributed by atoms with Gasteiger partial charge < -0.3 is 15.4 Å². The lowest BCUT2D eigenvalue weighted by molar-refractivity contribution is -0.141. The van der Waals surface area contributed by atoms with Crippen molar-refractivity contribution in [3.05, 3.63) is 0 Å². The fraction of sp³-hybridized carbons (Fsp3) is 0.846. The van der Waals surface area contributed by atoms with Crippen molar-refractivity contribution in [3.8, 4) is 0 Å². The summed E-state index contributed by atoms with van der Waals surface area (Å²) in [7, 11) is 0. The van der Waals surface area contributed by atoms with Gasteiger partial charge in [0.2, 0.25) is 5.91 Å². The average molecular weight is 270 g/mol. The Labute approximate surface area is 114 Å². The van der Waals surface area contributed by atoms with E-state index in [0.717, 1.165) is 45.4 Å². The quantitative estimate of drug-likeness (QED) is 0.769. The van der Waals surface area contributed by atoms with Gasteiger partial charge in [0.1, 0.15) is 0 Å². The minimum Gasteiger partial charge on any atom is -0.393 e. The summed E-state index contributed by atoms with van der Waals surface area (Å²) in [6.07, 6.45) is 3.71. The van der Waals surface area contributed by atoms with Gasteiger partial charge in [0.15, 0.2) is 0 Å². The van der Waals surface area contributed by atoms with E-state index in [0.29, 0.717) is 11.6 Å². The first-order valence-electron chi connectivity index (χ1n) is 6.69. The molecule has 2 saturated heterocycles. The third-order valence-corrected chi connectivity index (χ3v) is 4.78. The molecule has 18 heavy (non-hydrogen) atoms. The Kier molecular flexibility index (Phi) is 4.22. The van der Waals surface area contributed by atoms with Crippen LogP contribution in [-0.2, 0) is 9.53 Å². The van der Waals surface area contributed by atoms with Crippen LogP contribution in [0.25, 0.3) is 0 Å². The minimum absolute atomic E-state index is 0.0629. The maximum absolute atomic E-state index is 12.3. The topological polar surface area (TPSA) is 55.6 Å². The van der Waals surface area contributed by atoms with Gasteiger partial charge in [-0.25, -0.2) is 0 Å². The van der Waals surface area contributed by atoms with Crippen LogP contribution in [0.15, 0.2) is 0 Å². The number of carbonyl (C=O) groups is 1. The van der Waals surface area contributed by atoms with E-state index in [2.05, 4.69) is 6.92 Å². The lowest BCUT2D eigenvalue weighted by Crippen LogP contribution is -2.49. The molecule has 2 N–H and O–H groups in total. The van der Waals surface area contributed by atoms with Crippen molar-refractivity contribution in [1.82, 2.24) is 4.90 Å². The second kappa shape index (κ2) is 5.53. The highest BCUT2D eigenvalue weighted by Gasteiger charge is 2.36. The lowest BCUT2D eigenvalue weighted by Gasteiger charge is -2.40. The van der Waals surface area contributed by atoms with Crippen LogP contribution >= 0.6 is 12.2 Å². The normalized spacial score (nSPS) is 27.8. The number of nitrogens with two attached hydrogens (primary N) is 1. The van der Waals surface area contributed by atoms with E-state index in [4.69, 9.17) is 22.7 Å². The number of piperidine rings is 1. The van der Waals surface area contributed by atoms with Gasteiger partial charge in [-0.05, 0) is 25.7 Å². The van der Waals surface area contributed by atoms with Crippen LogP contribution in [-0.4, -0.2) is 42.1 Å². The SMILES string of the molecule is CC1(C(N)=S)CCN(C(=O)C2CCCOC2)CC1. The molecule has 2 fully saturated rings. The average Bonchev–Trinajstić information content (AvgIpc) is 2.40. The van der Waals surface area contributed by atoms with Crippen LogP contribution in [0.5, 0.6) is 0 Å². The van der Waals surface area contributed by atoms with Crippen molar-refractivity contribution < 1.29 is 9.53 Å². The molecule has 1 amide bonds. The Morgan fingerprint density at radius 2 is 2.11 bits per heavy atom. The fourth-order valence-corrected chi connectivity index (χ4v) is 2.86. The van der Waals surface area contributed by atoms with E-state index >= 15 is 0 Å². The Morgan fingerprint density at radius 3 is 2.61 bits per heavy atom. The molecule has 0 aromatic carbocycles. The van der Waals surface area contributed by atoms with E-state index in [1.165, 1.54) is 0 Å². The second-order valence-corrected chi connectivity index (χ2v) is 6.10. The Hall–Kier alpha value is -0.680. The molecule has 2 heterocycles. The summed E-state index contributed by atoms with van der Waals surface area (Å²) in [4.78, 5) is 14.9. The summed E-state index contributed by atoms with van der Waals surface area (Å²) in [6, 6.07) is 0. The largest absolute Gasteiger partial charge is 0.393 e. The first-order chi connectivity index (χ1) is 8.53. The first kappa shape index (κ1) is 13.7. The first-order valence-corrected chi connectivity index (χ1v) is 7.10. The zero-order chi connectivity index (χ0) is 13.2. The molecule has 0 aromatic heterocycles. The van der Waals surface area contributed by atoms with Crippen molar-refractivity contribution in [3.63, 3.8) is 0 Å². The van der Waals surface area contributed by atoms with Crippen LogP contribution in [0.3, 0.4) is 0 Å². The zero-order valence-electron chi connectivity index (χ0n) is 11.0. The van der Waals surface area contributed by atoms with E-state index in [9.17, 15) is 4.79 Å². The molecule has 2 aliphatic heterocycles. The van der Waals surface area contributed by atoms with Crippen molar-refractivity contribution in [2.45, 2.75) is 32.6 Å². The molecule has 0 aliphatic carbocycles. The predicted octanol–water partition coefficient (Wildman–Crippen LogP) is 1.33. The Balaban J connectivity index is 1.89. The summed E-state index contributed by atoms with van der Waals surface area (Å²) in [6.45, 7) is 5.01. The summed E-state index contributed by atoms with van der Waals surface area (Å²) in [5, 5.41) is 0. The number of ether oxygens (including phenoxy) is 1. The van der Waals surface area contributed by atoms with Gasteiger partial charge in [-0.1, -0.05) is 19.1 Å². The number of carbonyl (C=O) groups excluding carboxylic acids is 1. The summed E-state index contributed by atoms with van der Waals surface area (Å²) in [5.41, 5.74) is 5.70. The van der Waals surface area contributed by atoms with Gasteiger partial charge in [0.25, 0.3) is 0 Å². The highest BCUT2D eigenvalue weighted by Crippen LogP contribution is 2.32. The van der Waals surface area contributed by atoms with Gasteiger partial charge in [-0.15, -0.1) is 0 Å². The number of rotatable bonds is 2. The summed E-state index contributed by atoms with van der Waals surface area (Å²) in [5.74, 6) is 0.313. The van der Waals surface area contributed by atoms with Crippen LogP contribution in [0.1, 0.15) is 32.6 Å². The van der Waals surface area contributed by atoms with Gasteiger partial charge in [-0.3, -0.25) is 4.79 Å². The molecule has 5 heteroatoms. The summed E-state index contributed by atoms with van der Waals surface area (Å²) >= 11 is 5.11. The number of nitrogens with zero attached hydrogens (tertiary/aromatic N) is 1. The van der Waals surface area contributed by atoms with Crippen molar-refractivity contribution >= 4 is 23.1 Å². The van der Waals surface area contributed by atoms with Crippen LogP contribution in [0.4, 0.5) is 0 Å². The Bertz CT molecular complexity index is 332. The van der Waals surface area contributed by atoms with Gasteiger partial charge in [0.05, 0.1) is 17.5 Å². The molecule has 0 aromatic rings. The Morgan fingerprint density at radius 1 is 1.44 bits per heavy atom. The van der Waals surface area contributed by atoms with E-state index in [1.807, 2.05) is 4.90 Å². The van der Waals surface area contributed by atoms with Gasteiger partial charge in [0, 0.05) is 25.1 Å². The summed E-state index contributed by atoms with van der Waals surface area (Å²) < 4.78 is 5.38. The minimum atomic E-state index is -0.0742. The van der Waals surface area contributed by atoms with E-state index in [1.54, 1.807) is 0 Å². The van der Waals surface area contributed by atoms with Crippen LogP contribution in [0.2, 0.25) is 0 Å². The monoisotopic (exact) mass is 270 g/mol. The van der Waals surface area contributed by atoms with E-state index < -0.39 is 0 Å². The number of amides is 1. The van der Waals surface area contributed by atoms with Gasteiger partial charge >= 0.3 is 0 Å². The molecule has 2 rings (SSSR count). The molecule has 0 saturated carbocycles. The van der Waals surface area contributed by atoms with Gasteiger partial charge in [-0.2, -0.15) is 0 Å². The maximum Gasteiger partial charge on any atom is 0.228 e. The number of hydrogen-bond donors (Lipinski definition) is 1. The number of likely N-dealkylation sites (tertiary alicyclic amines) is 1. The molecule has 1 unspecified atom stereocenters. The molecule has 0 spiro atoms. The van der Waals surface area contributed by atoms with Crippen molar-refractivity contribution in [2.24, 2.45) is 17.1 Å². The number of hydrogen-bond acceptors (Lipinski definition) is 3. The molecular weight excluding hydrogens is 248 g/mol. The molecular formula is C13H22N2O2S. The highest BCUT2D eigenvalue weighted by molar-refractivity contribution is 7.80. The van der Waals surface area contributed by atoms with Crippen molar-refractivity contribution in [1.29, 1.82) is 0 Å². The number of thiocarbonyl (C=S) groups is 1. The van der Waals surface area contributed by atoms with Crippen LogP contribution < -0.4 is 5.73 Å². The molecule has 102 valence electrons. The maximum atomic E-state index is 12.3.